The Labute approximate surface area is 136 Å². The first kappa shape index (κ1) is 15.0. The number of nitrogens with one attached hydrogen (secondary N) is 1. The summed E-state index contributed by atoms with van der Waals surface area (Å²) in [5.74, 6) is -0.0204. The molecule has 3 heterocycles. The lowest BCUT2D eigenvalue weighted by molar-refractivity contribution is -0.118. The summed E-state index contributed by atoms with van der Waals surface area (Å²) in [6.45, 7) is 2.02. The first-order valence-electron chi connectivity index (χ1n) is 8.29. The molecule has 7 heteroatoms. The smallest absolute Gasteiger partial charge is 0.247 e. The van der Waals surface area contributed by atoms with Crippen LogP contribution >= 0.6 is 0 Å². The number of sulfonamides is 1. The van der Waals surface area contributed by atoms with E-state index >= 15 is 0 Å². The Morgan fingerprint density at radius 2 is 1.78 bits per heavy atom. The molecule has 3 aliphatic rings. The van der Waals surface area contributed by atoms with Gasteiger partial charge in [0, 0.05) is 19.6 Å². The van der Waals surface area contributed by atoms with Crippen LogP contribution in [0.25, 0.3) is 0 Å². The van der Waals surface area contributed by atoms with Crippen LogP contribution in [0, 0.1) is 0 Å². The highest BCUT2D eigenvalue weighted by atomic mass is 32.2. The minimum absolute atomic E-state index is 0.0204. The zero-order valence-corrected chi connectivity index (χ0v) is 13.8. The largest absolute Gasteiger partial charge is 0.358 e. The van der Waals surface area contributed by atoms with Crippen molar-refractivity contribution in [2.45, 2.75) is 43.0 Å². The molecule has 23 heavy (non-hydrogen) atoms. The van der Waals surface area contributed by atoms with Crippen molar-refractivity contribution in [1.82, 2.24) is 4.31 Å². The second-order valence-electron chi connectivity index (χ2n) is 6.48. The molecule has 1 atom stereocenters. The zero-order chi connectivity index (χ0) is 16.0. The lowest BCUT2D eigenvalue weighted by Gasteiger charge is -2.41. The first-order valence-corrected chi connectivity index (χ1v) is 9.73. The number of amides is 1. The molecule has 0 radical (unpaired) electrons. The molecule has 124 valence electrons. The van der Waals surface area contributed by atoms with Gasteiger partial charge in [0.05, 0.1) is 16.3 Å². The van der Waals surface area contributed by atoms with Gasteiger partial charge in [-0.2, -0.15) is 4.31 Å². The van der Waals surface area contributed by atoms with Gasteiger partial charge in [0.15, 0.2) is 0 Å². The minimum Gasteiger partial charge on any atom is -0.358 e. The zero-order valence-electron chi connectivity index (χ0n) is 13.0. The van der Waals surface area contributed by atoms with Crippen LogP contribution in [0.15, 0.2) is 23.1 Å². The summed E-state index contributed by atoms with van der Waals surface area (Å²) in [5.41, 5.74) is 1.56. The summed E-state index contributed by atoms with van der Waals surface area (Å²) in [6, 6.07) is 5.02. The summed E-state index contributed by atoms with van der Waals surface area (Å²) >= 11 is 0. The number of fused-ring (bicyclic) bond motifs is 3. The molecular weight excluding hydrogens is 314 g/mol. The van der Waals surface area contributed by atoms with E-state index in [0.29, 0.717) is 18.8 Å². The van der Waals surface area contributed by atoms with E-state index in [1.807, 2.05) is 6.07 Å². The summed E-state index contributed by atoms with van der Waals surface area (Å²) < 4.78 is 26.9. The average Bonchev–Trinajstić information content (AvgIpc) is 3.10. The molecule has 0 bridgehead atoms. The number of rotatable bonds is 2. The third-order valence-electron chi connectivity index (χ3n) is 5.04. The van der Waals surface area contributed by atoms with Crippen molar-refractivity contribution in [3.63, 3.8) is 0 Å². The average molecular weight is 335 g/mol. The molecule has 3 aliphatic heterocycles. The maximum absolute atomic E-state index is 12.7. The Bertz CT molecular complexity index is 741. The highest BCUT2D eigenvalue weighted by Crippen LogP contribution is 2.37. The molecule has 4 rings (SSSR count). The predicted octanol–water partition coefficient (Wildman–Crippen LogP) is 1.78. The molecular formula is C16H21N3O3S. The van der Waals surface area contributed by atoms with Gasteiger partial charge in [-0.25, -0.2) is 8.42 Å². The highest BCUT2D eigenvalue weighted by molar-refractivity contribution is 7.89. The van der Waals surface area contributed by atoms with Crippen LogP contribution in [0.3, 0.4) is 0 Å². The molecule has 0 unspecified atom stereocenters. The maximum Gasteiger partial charge on any atom is 0.247 e. The predicted molar refractivity (Wildman–Crippen MR) is 88.0 cm³/mol. The van der Waals surface area contributed by atoms with Crippen LogP contribution in [-0.4, -0.2) is 44.3 Å². The van der Waals surface area contributed by atoms with Crippen LogP contribution in [0.5, 0.6) is 0 Å². The second kappa shape index (κ2) is 5.49. The van der Waals surface area contributed by atoms with Gasteiger partial charge in [-0.3, -0.25) is 4.79 Å². The molecule has 2 saturated heterocycles. The molecule has 1 N–H and O–H groups in total. The van der Waals surface area contributed by atoms with Crippen LogP contribution in [0.4, 0.5) is 11.4 Å². The van der Waals surface area contributed by atoms with Gasteiger partial charge in [0.2, 0.25) is 15.9 Å². The fraction of sp³-hybridized carbons (Fsp3) is 0.562. The highest BCUT2D eigenvalue weighted by Gasteiger charge is 2.36. The van der Waals surface area contributed by atoms with E-state index in [-0.39, 0.29) is 16.8 Å². The quantitative estimate of drug-likeness (QED) is 0.894. The van der Waals surface area contributed by atoms with Crippen molar-refractivity contribution in [2.75, 3.05) is 29.9 Å². The summed E-state index contributed by atoms with van der Waals surface area (Å²) in [4.78, 5) is 14.7. The van der Waals surface area contributed by atoms with Crippen molar-refractivity contribution in [2.24, 2.45) is 0 Å². The van der Waals surface area contributed by atoms with Crippen molar-refractivity contribution < 1.29 is 13.2 Å². The van der Waals surface area contributed by atoms with E-state index in [4.69, 9.17) is 0 Å². The first-order chi connectivity index (χ1) is 11.1. The van der Waals surface area contributed by atoms with Gasteiger partial charge in [-0.1, -0.05) is 0 Å². The van der Waals surface area contributed by atoms with E-state index in [0.717, 1.165) is 44.3 Å². The number of hydrogen-bond acceptors (Lipinski definition) is 4. The van der Waals surface area contributed by atoms with Crippen LogP contribution in [0.1, 0.15) is 32.1 Å². The standard InChI is InChI=1S/C16H21N3O3S/c20-16-15-5-1-2-10-19(15)14-7-6-12(11-13(14)17-16)23(21,22)18-8-3-4-9-18/h6-7,11,15H,1-5,8-10H2,(H,17,20)/t15-/m0/s1. The number of nitrogens with zero attached hydrogens (tertiary/aromatic N) is 2. The van der Waals surface area contributed by atoms with Crippen molar-refractivity contribution in [1.29, 1.82) is 0 Å². The number of carbonyl (C=O) groups excluding carboxylic acids is 1. The Balaban J connectivity index is 1.71. The maximum atomic E-state index is 12.7. The molecule has 0 spiro atoms. The summed E-state index contributed by atoms with van der Waals surface area (Å²) in [7, 11) is -3.46. The van der Waals surface area contributed by atoms with Crippen molar-refractivity contribution in [3.05, 3.63) is 18.2 Å². The van der Waals surface area contributed by atoms with Gasteiger partial charge in [-0.15, -0.1) is 0 Å². The minimum atomic E-state index is -3.46. The lowest BCUT2D eigenvalue weighted by Crippen LogP contribution is -2.50. The fourth-order valence-corrected chi connectivity index (χ4v) is 5.36. The second-order valence-corrected chi connectivity index (χ2v) is 8.42. The van der Waals surface area contributed by atoms with Crippen LogP contribution in [0.2, 0.25) is 0 Å². The van der Waals surface area contributed by atoms with E-state index < -0.39 is 10.0 Å². The van der Waals surface area contributed by atoms with Crippen molar-refractivity contribution in [3.8, 4) is 0 Å². The molecule has 2 fully saturated rings. The number of piperidine rings is 1. The van der Waals surface area contributed by atoms with Crippen molar-refractivity contribution >= 4 is 27.3 Å². The van der Waals surface area contributed by atoms with Crippen LogP contribution < -0.4 is 10.2 Å². The molecule has 1 aromatic rings. The third-order valence-corrected chi connectivity index (χ3v) is 6.94. The number of hydrogen-bond donors (Lipinski definition) is 1. The fourth-order valence-electron chi connectivity index (χ4n) is 3.81. The Morgan fingerprint density at radius 3 is 2.57 bits per heavy atom. The summed E-state index contributed by atoms with van der Waals surface area (Å²) in [6.07, 6.45) is 4.81. The van der Waals surface area contributed by atoms with E-state index in [1.54, 1.807) is 12.1 Å². The molecule has 0 aliphatic carbocycles. The number of anilines is 2. The normalized spacial score (nSPS) is 25.0. The van der Waals surface area contributed by atoms with Gasteiger partial charge in [-0.05, 0) is 50.3 Å². The Hall–Kier alpha value is -1.60. The third kappa shape index (κ3) is 2.42. The van der Waals surface area contributed by atoms with E-state index in [2.05, 4.69) is 10.2 Å². The monoisotopic (exact) mass is 335 g/mol. The number of carbonyl (C=O) groups is 1. The van der Waals surface area contributed by atoms with Gasteiger partial charge < -0.3 is 10.2 Å². The lowest BCUT2D eigenvalue weighted by atomic mass is 9.97. The Kier molecular flexibility index (Phi) is 3.57. The molecule has 0 saturated carbocycles. The topological polar surface area (TPSA) is 69.7 Å². The van der Waals surface area contributed by atoms with E-state index in [9.17, 15) is 13.2 Å². The summed E-state index contributed by atoms with van der Waals surface area (Å²) in [5, 5.41) is 2.90. The molecule has 1 aromatic carbocycles. The molecule has 1 amide bonds. The number of benzene rings is 1. The van der Waals surface area contributed by atoms with Crippen LogP contribution in [-0.2, 0) is 14.8 Å². The van der Waals surface area contributed by atoms with E-state index in [1.165, 1.54) is 4.31 Å². The van der Waals surface area contributed by atoms with Gasteiger partial charge in [0.25, 0.3) is 0 Å². The Morgan fingerprint density at radius 1 is 1.04 bits per heavy atom. The van der Waals surface area contributed by atoms with Gasteiger partial charge >= 0.3 is 0 Å². The van der Waals surface area contributed by atoms with Gasteiger partial charge in [0.1, 0.15) is 6.04 Å². The molecule has 0 aromatic heterocycles. The SMILES string of the molecule is O=C1Nc2cc(S(=O)(=O)N3CCCC3)ccc2N2CCCC[C@@H]12. The molecule has 6 nitrogen and oxygen atoms in total.